The van der Waals surface area contributed by atoms with Crippen LogP contribution in [0.3, 0.4) is 0 Å². The van der Waals surface area contributed by atoms with Gasteiger partial charge in [0.1, 0.15) is 0 Å². The standard InChI is InChI=1S/C23H23N3O2/c1-3-25(20-11-7-5-8-12-20)22(27)18-15-19(17-24-16-18)23(28)26(4-2)21-13-9-6-10-14-21/h5-17H,3-4H2,1-2H3. The third-order valence-corrected chi connectivity index (χ3v) is 4.49. The van der Waals surface area contributed by atoms with Gasteiger partial charge in [-0.25, -0.2) is 0 Å². The van der Waals surface area contributed by atoms with Crippen molar-refractivity contribution in [2.45, 2.75) is 13.8 Å². The maximum Gasteiger partial charge on any atom is 0.259 e. The van der Waals surface area contributed by atoms with Crippen molar-refractivity contribution in [2.24, 2.45) is 0 Å². The number of amides is 2. The molecule has 0 N–H and O–H groups in total. The zero-order chi connectivity index (χ0) is 19.9. The summed E-state index contributed by atoms with van der Waals surface area (Å²) in [6, 6.07) is 20.5. The summed E-state index contributed by atoms with van der Waals surface area (Å²) in [7, 11) is 0. The second kappa shape index (κ2) is 8.95. The van der Waals surface area contributed by atoms with E-state index in [0.29, 0.717) is 24.2 Å². The van der Waals surface area contributed by atoms with Crippen LogP contribution in [0.5, 0.6) is 0 Å². The predicted molar refractivity (Wildman–Crippen MR) is 112 cm³/mol. The third kappa shape index (κ3) is 4.09. The van der Waals surface area contributed by atoms with Crippen LogP contribution in [-0.2, 0) is 0 Å². The van der Waals surface area contributed by atoms with Gasteiger partial charge in [-0.3, -0.25) is 14.6 Å². The Labute approximate surface area is 165 Å². The number of hydrogen-bond acceptors (Lipinski definition) is 3. The van der Waals surface area contributed by atoms with Crippen LogP contribution in [-0.4, -0.2) is 29.9 Å². The van der Waals surface area contributed by atoms with Gasteiger partial charge in [-0.05, 0) is 44.2 Å². The average molecular weight is 373 g/mol. The summed E-state index contributed by atoms with van der Waals surface area (Å²) in [5.41, 5.74) is 2.40. The highest BCUT2D eigenvalue weighted by Crippen LogP contribution is 2.19. The van der Waals surface area contributed by atoms with Gasteiger partial charge in [-0.2, -0.15) is 0 Å². The van der Waals surface area contributed by atoms with E-state index in [1.165, 1.54) is 12.4 Å². The van der Waals surface area contributed by atoms with Crippen LogP contribution in [0.4, 0.5) is 11.4 Å². The van der Waals surface area contributed by atoms with E-state index in [1.54, 1.807) is 15.9 Å². The normalized spacial score (nSPS) is 10.4. The summed E-state index contributed by atoms with van der Waals surface area (Å²) in [5.74, 6) is -0.364. The third-order valence-electron chi connectivity index (χ3n) is 4.49. The number of nitrogens with zero attached hydrogens (tertiary/aromatic N) is 3. The summed E-state index contributed by atoms with van der Waals surface area (Å²) >= 11 is 0. The van der Waals surface area contributed by atoms with Gasteiger partial charge in [-0.1, -0.05) is 36.4 Å². The van der Waals surface area contributed by atoms with Gasteiger partial charge < -0.3 is 9.80 Å². The van der Waals surface area contributed by atoms with Crippen LogP contribution in [0.1, 0.15) is 34.6 Å². The Kier molecular flexibility index (Phi) is 6.17. The first-order valence-electron chi connectivity index (χ1n) is 9.34. The summed E-state index contributed by atoms with van der Waals surface area (Å²) < 4.78 is 0. The minimum absolute atomic E-state index is 0.182. The number of aromatic nitrogens is 1. The number of carbonyl (C=O) groups is 2. The number of hydrogen-bond donors (Lipinski definition) is 0. The fraction of sp³-hybridized carbons (Fsp3) is 0.174. The number of carbonyl (C=O) groups excluding carboxylic acids is 2. The smallest absolute Gasteiger partial charge is 0.259 e. The van der Waals surface area contributed by atoms with Crippen LogP contribution in [0.2, 0.25) is 0 Å². The highest BCUT2D eigenvalue weighted by atomic mass is 16.2. The molecule has 142 valence electrons. The molecule has 2 aromatic carbocycles. The molecule has 0 aliphatic heterocycles. The van der Waals surface area contributed by atoms with Gasteiger partial charge in [-0.15, -0.1) is 0 Å². The molecule has 0 radical (unpaired) electrons. The van der Waals surface area contributed by atoms with E-state index in [9.17, 15) is 9.59 Å². The van der Waals surface area contributed by atoms with Crippen LogP contribution >= 0.6 is 0 Å². The van der Waals surface area contributed by atoms with Crippen LogP contribution in [0.25, 0.3) is 0 Å². The van der Waals surface area contributed by atoms with Crippen molar-refractivity contribution in [3.8, 4) is 0 Å². The summed E-state index contributed by atoms with van der Waals surface area (Å²) in [6.45, 7) is 4.88. The lowest BCUT2D eigenvalue weighted by atomic mass is 10.1. The van der Waals surface area contributed by atoms with Crippen molar-refractivity contribution < 1.29 is 9.59 Å². The lowest BCUT2D eigenvalue weighted by Gasteiger charge is -2.22. The van der Waals surface area contributed by atoms with Gasteiger partial charge in [0.2, 0.25) is 0 Å². The maximum absolute atomic E-state index is 13.0. The van der Waals surface area contributed by atoms with Crippen molar-refractivity contribution in [1.82, 2.24) is 4.98 Å². The molecule has 0 unspecified atom stereocenters. The molecule has 0 saturated heterocycles. The van der Waals surface area contributed by atoms with E-state index in [1.807, 2.05) is 74.5 Å². The van der Waals surface area contributed by atoms with Crippen molar-refractivity contribution in [2.75, 3.05) is 22.9 Å². The summed E-state index contributed by atoms with van der Waals surface area (Å²) in [5, 5.41) is 0. The lowest BCUT2D eigenvalue weighted by Crippen LogP contribution is -2.32. The molecule has 1 heterocycles. The summed E-state index contributed by atoms with van der Waals surface area (Å²) in [4.78, 5) is 33.5. The molecule has 28 heavy (non-hydrogen) atoms. The van der Waals surface area contributed by atoms with Gasteiger partial charge >= 0.3 is 0 Å². The summed E-state index contributed by atoms with van der Waals surface area (Å²) in [6.07, 6.45) is 3.01. The molecule has 3 aromatic rings. The number of pyridine rings is 1. The Bertz CT molecular complexity index is 868. The Hall–Kier alpha value is -3.47. The van der Waals surface area contributed by atoms with E-state index in [4.69, 9.17) is 0 Å². The van der Waals surface area contributed by atoms with Crippen molar-refractivity contribution in [3.05, 3.63) is 90.3 Å². The molecule has 1 aromatic heterocycles. The van der Waals surface area contributed by atoms with Crippen molar-refractivity contribution >= 4 is 23.2 Å². The highest BCUT2D eigenvalue weighted by Gasteiger charge is 2.20. The quantitative estimate of drug-likeness (QED) is 0.643. The van der Waals surface area contributed by atoms with Crippen molar-refractivity contribution in [1.29, 1.82) is 0 Å². The van der Waals surface area contributed by atoms with Crippen molar-refractivity contribution in [3.63, 3.8) is 0 Å². The molecule has 0 atom stereocenters. The van der Waals surface area contributed by atoms with Gasteiger partial charge in [0, 0.05) is 36.9 Å². The molecule has 3 rings (SSSR count). The molecule has 0 aliphatic rings. The molecule has 0 aliphatic carbocycles. The van der Waals surface area contributed by atoms with E-state index < -0.39 is 0 Å². The first kappa shape index (κ1) is 19.3. The topological polar surface area (TPSA) is 53.5 Å². The number of rotatable bonds is 6. The minimum Gasteiger partial charge on any atom is -0.309 e. The molecule has 0 bridgehead atoms. The van der Waals surface area contributed by atoms with Crippen LogP contribution in [0.15, 0.2) is 79.1 Å². The first-order chi connectivity index (χ1) is 13.7. The van der Waals surface area contributed by atoms with Crippen LogP contribution in [0, 0.1) is 0 Å². The maximum atomic E-state index is 13.0. The second-order valence-electron chi connectivity index (χ2n) is 6.23. The largest absolute Gasteiger partial charge is 0.309 e. The highest BCUT2D eigenvalue weighted by molar-refractivity contribution is 6.10. The van der Waals surface area contributed by atoms with E-state index >= 15 is 0 Å². The van der Waals surface area contributed by atoms with Gasteiger partial charge in [0.15, 0.2) is 0 Å². The van der Waals surface area contributed by atoms with Gasteiger partial charge in [0.05, 0.1) is 11.1 Å². The fourth-order valence-corrected chi connectivity index (χ4v) is 3.09. The monoisotopic (exact) mass is 373 g/mol. The Morgan fingerprint density at radius 2 is 1.11 bits per heavy atom. The second-order valence-corrected chi connectivity index (χ2v) is 6.23. The average Bonchev–Trinajstić information content (AvgIpc) is 2.76. The number of anilines is 2. The first-order valence-corrected chi connectivity index (χ1v) is 9.34. The SMILES string of the molecule is CCN(C(=O)c1cncc(C(=O)N(CC)c2ccccc2)c1)c1ccccc1. The number of benzene rings is 2. The van der Waals surface area contributed by atoms with E-state index in [-0.39, 0.29) is 11.8 Å². The lowest BCUT2D eigenvalue weighted by molar-refractivity contribution is 0.0987. The fourth-order valence-electron chi connectivity index (χ4n) is 3.09. The Morgan fingerprint density at radius 1 is 0.714 bits per heavy atom. The van der Waals surface area contributed by atoms with E-state index in [2.05, 4.69) is 4.98 Å². The predicted octanol–water partition coefficient (Wildman–Crippen LogP) is 4.42. The molecule has 5 nitrogen and oxygen atoms in total. The molecule has 0 saturated carbocycles. The minimum atomic E-state index is -0.182. The number of para-hydroxylation sites is 2. The van der Waals surface area contributed by atoms with Gasteiger partial charge in [0.25, 0.3) is 11.8 Å². The molecular weight excluding hydrogens is 350 g/mol. The Morgan fingerprint density at radius 3 is 1.46 bits per heavy atom. The molecular formula is C23H23N3O2. The molecule has 5 heteroatoms. The molecule has 2 amide bonds. The van der Waals surface area contributed by atoms with Crippen LogP contribution < -0.4 is 9.80 Å². The molecule has 0 fully saturated rings. The van der Waals surface area contributed by atoms with E-state index in [0.717, 1.165) is 11.4 Å². The molecule has 0 spiro atoms. The zero-order valence-corrected chi connectivity index (χ0v) is 16.1. The zero-order valence-electron chi connectivity index (χ0n) is 16.1. The Balaban J connectivity index is 1.89.